The summed E-state index contributed by atoms with van der Waals surface area (Å²) in [6, 6.07) is 1.93. The molecule has 0 bridgehead atoms. The smallest absolute Gasteiger partial charge is 0.311 e. The Morgan fingerprint density at radius 1 is 1.47 bits per heavy atom. The molecule has 1 atom stereocenters. The number of hydrogen-bond donors (Lipinski definition) is 1. The van der Waals surface area contributed by atoms with Crippen LogP contribution in [0.2, 0.25) is 0 Å². The summed E-state index contributed by atoms with van der Waals surface area (Å²) in [4.78, 5) is 22.3. The molecule has 2 rings (SSSR count). The van der Waals surface area contributed by atoms with Gasteiger partial charge in [0.1, 0.15) is 11.6 Å². The van der Waals surface area contributed by atoms with Gasteiger partial charge in [0.15, 0.2) is 0 Å². The number of hydrogen-bond acceptors (Lipinski definition) is 4. The van der Waals surface area contributed by atoms with E-state index >= 15 is 0 Å². The Balaban J connectivity index is 2.27. The lowest BCUT2D eigenvalue weighted by Gasteiger charge is -2.22. The van der Waals surface area contributed by atoms with E-state index in [0.717, 1.165) is 23.9 Å². The molecule has 104 valence electrons. The Bertz CT molecular complexity index is 501. The number of rotatable bonds is 3. The third-order valence-corrected chi connectivity index (χ3v) is 3.69. The van der Waals surface area contributed by atoms with Gasteiger partial charge in [-0.25, -0.2) is 9.97 Å². The summed E-state index contributed by atoms with van der Waals surface area (Å²) in [6.45, 7) is 9.11. The van der Waals surface area contributed by atoms with E-state index in [0.29, 0.717) is 13.0 Å². The highest BCUT2D eigenvalue weighted by atomic mass is 16.4. The van der Waals surface area contributed by atoms with E-state index in [4.69, 9.17) is 0 Å². The molecule has 1 N–H and O–H groups in total. The lowest BCUT2D eigenvalue weighted by Crippen LogP contribution is -2.32. The lowest BCUT2D eigenvalue weighted by atomic mass is 9.90. The second-order valence-electron chi connectivity index (χ2n) is 5.92. The van der Waals surface area contributed by atoms with Crippen molar-refractivity contribution < 1.29 is 9.90 Å². The molecule has 1 aromatic heterocycles. The molecule has 1 fully saturated rings. The zero-order chi connectivity index (χ0) is 14.2. The quantitative estimate of drug-likeness (QED) is 0.905. The van der Waals surface area contributed by atoms with Crippen LogP contribution in [0.5, 0.6) is 0 Å². The van der Waals surface area contributed by atoms with Crippen LogP contribution in [-0.4, -0.2) is 34.1 Å². The predicted molar refractivity (Wildman–Crippen MR) is 73.4 cm³/mol. The lowest BCUT2D eigenvalue weighted by molar-refractivity contribution is -0.146. The van der Waals surface area contributed by atoms with Crippen molar-refractivity contribution in [3.63, 3.8) is 0 Å². The molecule has 0 aromatic carbocycles. The maximum atomic E-state index is 11.3. The minimum Gasteiger partial charge on any atom is -0.481 e. The largest absolute Gasteiger partial charge is 0.481 e. The van der Waals surface area contributed by atoms with Gasteiger partial charge in [-0.1, -0.05) is 13.8 Å². The molecule has 0 aliphatic carbocycles. The first-order chi connectivity index (χ1) is 8.82. The summed E-state index contributed by atoms with van der Waals surface area (Å²) in [5.74, 6) is 1.21. The molecule has 0 radical (unpaired) electrons. The minimum atomic E-state index is -0.732. The maximum Gasteiger partial charge on any atom is 0.311 e. The third-order valence-electron chi connectivity index (χ3n) is 3.69. The number of aliphatic carboxylic acids is 1. The predicted octanol–water partition coefficient (Wildman–Crippen LogP) is 2.21. The van der Waals surface area contributed by atoms with Crippen molar-refractivity contribution in [2.75, 3.05) is 18.0 Å². The maximum absolute atomic E-state index is 11.3. The van der Waals surface area contributed by atoms with Gasteiger partial charge >= 0.3 is 5.97 Å². The summed E-state index contributed by atoms with van der Waals surface area (Å²) in [7, 11) is 0. The van der Waals surface area contributed by atoms with Gasteiger partial charge in [-0.2, -0.15) is 0 Å². The first-order valence-corrected chi connectivity index (χ1v) is 6.66. The molecule has 5 heteroatoms. The zero-order valence-electron chi connectivity index (χ0n) is 12.0. The summed E-state index contributed by atoms with van der Waals surface area (Å²) < 4.78 is 0. The first-order valence-electron chi connectivity index (χ1n) is 6.66. The number of carboxylic acids is 1. The van der Waals surface area contributed by atoms with Gasteiger partial charge in [0.25, 0.3) is 0 Å². The van der Waals surface area contributed by atoms with Crippen molar-refractivity contribution in [1.82, 2.24) is 9.97 Å². The van der Waals surface area contributed by atoms with Gasteiger partial charge in [-0.15, -0.1) is 0 Å². The van der Waals surface area contributed by atoms with Crippen LogP contribution in [-0.2, 0) is 4.79 Å². The number of aromatic nitrogens is 2. The van der Waals surface area contributed by atoms with Crippen molar-refractivity contribution in [1.29, 1.82) is 0 Å². The molecule has 1 aliphatic rings. The van der Waals surface area contributed by atoms with E-state index in [1.807, 2.05) is 13.0 Å². The Labute approximate surface area is 113 Å². The standard InChI is InChI=1S/C14H21N3O2/c1-9(2)12-15-10(3)7-11(16-12)17-6-5-14(4,8-17)13(18)19/h7,9H,5-6,8H2,1-4H3,(H,18,19). The summed E-state index contributed by atoms with van der Waals surface area (Å²) >= 11 is 0. The Morgan fingerprint density at radius 2 is 2.16 bits per heavy atom. The van der Waals surface area contributed by atoms with Crippen LogP contribution in [0.1, 0.15) is 44.6 Å². The highest BCUT2D eigenvalue weighted by Crippen LogP contribution is 2.33. The molecule has 1 unspecified atom stereocenters. The molecule has 0 amide bonds. The fourth-order valence-electron chi connectivity index (χ4n) is 2.33. The topological polar surface area (TPSA) is 66.3 Å². The van der Waals surface area contributed by atoms with E-state index in [2.05, 4.69) is 28.7 Å². The van der Waals surface area contributed by atoms with Crippen LogP contribution in [0.3, 0.4) is 0 Å². The first kappa shape index (κ1) is 13.8. The van der Waals surface area contributed by atoms with E-state index in [-0.39, 0.29) is 5.92 Å². The summed E-state index contributed by atoms with van der Waals surface area (Å²) in [5, 5.41) is 9.28. The molecule has 0 saturated carbocycles. The van der Waals surface area contributed by atoms with Crippen LogP contribution in [0.4, 0.5) is 5.82 Å². The van der Waals surface area contributed by atoms with Crippen LogP contribution < -0.4 is 4.90 Å². The summed E-state index contributed by atoms with van der Waals surface area (Å²) in [5.41, 5.74) is 0.259. The number of carbonyl (C=O) groups is 1. The second-order valence-corrected chi connectivity index (χ2v) is 5.92. The van der Waals surface area contributed by atoms with Gasteiger partial charge in [0.2, 0.25) is 0 Å². The molecular formula is C14H21N3O2. The second kappa shape index (κ2) is 4.79. The van der Waals surface area contributed by atoms with Gasteiger partial charge in [0.05, 0.1) is 5.41 Å². The molecule has 19 heavy (non-hydrogen) atoms. The fourth-order valence-corrected chi connectivity index (χ4v) is 2.33. The van der Waals surface area contributed by atoms with Crippen molar-refractivity contribution >= 4 is 11.8 Å². The summed E-state index contributed by atoms with van der Waals surface area (Å²) in [6.07, 6.45) is 0.655. The number of carboxylic acid groups (broad SMARTS) is 1. The molecular weight excluding hydrogens is 242 g/mol. The number of aryl methyl sites for hydroxylation is 1. The Hall–Kier alpha value is -1.65. The van der Waals surface area contributed by atoms with E-state index in [1.54, 1.807) is 6.92 Å². The monoisotopic (exact) mass is 263 g/mol. The van der Waals surface area contributed by atoms with Crippen molar-refractivity contribution in [3.8, 4) is 0 Å². The van der Waals surface area contributed by atoms with Gasteiger partial charge in [-0.3, -0.25) is 4.79 Å². The van der Waals surface area contributed by atoms with E-state index in [1.165, 1.54) is 0 Å². The van der Waals surface area contributed by atoms with Crippen LogP contribution in [0.25, 0.3) is 0 Å². The van der Waals surface area contributed by atoms with Gasteiger partial charge in [0, 0.05) is 30.8 Å². The van der Waals surface area contributed by atoms with E-state index in [9.17, 15) is 9.90 Å². The SMILES string of the molecule is Cc1cc(N2CCC(C)(C(=O)O)C2)nc(C(C)C)n1. The Kier molecular flexibility index (Phi) is 3.47. The normalized spacial score (nSPS) is 23.1. The highest BCUT2D eigenvalue weighted by Gasteiger charge is 2.41. The average Bonchev–Trinajstić information content (AvgIpc) is 2.72. The van der Waals surface area contributed by atoms with E-state index < -0.39 is 11.4 Å². The molecule has 1 saturated heterocycles. The third kappa shape index (κ3) is 2.69. The highest BCUT2D eigenvalue weighted by molar-refractivity contribution is 5.76. The minimum absolute atomic E-state index is 0.270. The molecule has 1 aliphatic heterocycles. The van der Waals surface area contributed by atoms with Crippen LogP contribution in [0, 0.1) is 12.3 Å². The fraction of sp³-hybridized carbons (Fsp3) is 0.643. The van der Waals surface area contributed by atoms with Crippen LogP contribution >= 0.6 is 0 Å². The van der Waals surface area contributed by atoms with Gasteiger partial charge < -0.3 is 10.0 Å². The zero-order valence-corrected chi connectivity index (χ0v) is 12.0. The van der Waals surface area contributed by atoms with Crippen molar-refractivity contribution in [2.45, 2.75) is 40.0 Å². The van der Waals surface area contributed by atoms with Crippen molar-refractivity contribution in [2.24, 2.45) is 5.41 Å². The number of anilines is 1. The molecule has 0 spiro atoms. The van der Waals surface area contributed by atoms with Crippen molar-refractivity contribution in [3.05, 3.63) is 17.6 Å². The van der Waals surface area contributed by atoms with Crippen LogP contribution in [0.15, 0.2) is 6.07 Å². The molecule has 2 heterocycles. The molecule has 5 nitrogen and oxygen atoms in total. The van der Waals surface area contributed by atoms with Gasteiger partial charge in [-0.05, 0) is 20.3 Å². The molecule has 1 aromatic rings. The Morgan fingerprint density at radius 3 is 2.68 bits per heavy atom. The number of nitrogens with zero attached hydrogens (tertiary/aromatic N) is 3. The average molecular weight is 263 g/mol.